The highest BCUT2D eigenvalue weighted by atomic mass is 35.5. The number of rotatable bonds is 4. The summed E-state index contributed by atoms with van der Waals surface area (Å²) in [5.41, 5.74) is 0.333. The molecule has 1 aromatic carbocycles. The Kier molecular flexibility index (Phi) is 3.99. The summed E-state index contributed by atoms with van der Waals surface area (Å²) in [6.07, 6.45) is -0.000123. The molecule has 0 saturated carbocycles. The predicted octanol–water partition coefficient (Wildman–Crippen LogP) is 3.97. The third kappa shape index (κ3) is 2.71. The van der Waals surface area contributed by atoms with Gasteiger partial charge in [0.05, 0.1) is 7.11 Å². The highest BCUT2D eigenvalue weighted by molar-refractivity contribution is 7.12. The number of methoxy groups -OCH3 is 1. The lowest BCUT2D eigenvalue weighted by molar-refractivity contribution is 0.0993. The second kappa shape index (κ2) is 5.50. The Morgan fingerprint density at radius 3 is 2.89 bits per heavy atom. The van der Waals surface area contributed by atoms with E-state index in [1.165, 1.54) is 30.6 Å². The van der Waals surface area contributed by atoms with Gasteiger partial charge < -0.3 is 4.74 Å². The van der Waals surface area contributed by atoms with Gasteiger partial charge in [-0.15, -0.1) is 11.3 Å². The van der Waals surface area contributed by atoms with Crippen LogP contribution in [-0.4, -0.2) is 12.9 Å². The Balaban J connectivity index is 2.21. The molecule has 0 aliphatic heterocycles. The monoisotopic (exact) mass is 284 g/mol. The van der Waals surface area contributed by atoms with Gasteiger partial charge in [0.2, 0.25) is 0 Å². The number of carbonyl (C=O) groups is 1. The SMILES string of the molecule is COc1ccsc1C(=O)Cc1ccc(Cl)cc1F. The van der Waals surface area contributed by atoms with Crippen molar-refractivity contribution >= 4 is 28.7 Å². The van der Waals surface area contributed by atoms with Gasteiger partial charge in [-0.05, 0) is 29.1 Å². The molecule has 0 radical (unpaired) electrons. The predicted molar refractivity (Wildman–Crippen MR) is 70.3 cm³/mol. The molecule has 2 rings (SSSR count). The number of benzene rings is 1. The number of hydrogen-bond acceptors (Lipinski definition) is 3. The van der Waals surface area contributed by atoms with Crippen LogP contribution >= 0.6 is 22.9 Å². The third-order valence-corrected chi connectivity index (χ3v) is 3.64. The highest BCUT2D eigenvalue weighted by Gasteiger charge is 2.16. The molecule has 0 amide bonds. The zero-order chi connectivity index (χ0) is 13.1. The van der Waals surface area contributed by atoms with E-state index in [4.69, 9.17) is 16.3 Å². The molecule has 2 nitrogen and oxygen atoms in total. The van der Waals surface area contributed by atoms with E-state index in [0.29, 0.717) is 21.2 Å². The Bertz CT molecular complexity index is 580. The zero-order valence-corrected chi connectivity index (χ0v) is 11.1. The summed E-state index contributed by atoms with van der Waals surface area (Å²) in [5.74, 6) is -0.103. The summed E-state index contributed by atoms with van der Waals surface area (Å²) in [4.78, 5) is 12.5. The van der Waals surface area contributed by atoms with Crippen molar-refractivity contribution in [3.63, 3.8) is 0 Å². The second-order valence-electron chi connectivity index (χ2n) is 3.65. The van der Waals surface area contributed by atoms with Gasteiger partial charge in [0.25, 0.3) is 0 Å². The first-order chi connectivity index (χ1) is 8.61. The fourth-order valence-corrected chi connectivity index (χ4v) is 2.54. The number of ketones is 1. The Labute approximate surface area is 113 Å². The first kappa shape index (κ1) is 13.1. The van der Waals surface area contributed by atoms with Gasteiger partial charge in [-0.1, -0.05) is 17.7 Å². The minimum atomic E-state index is -0.466. The molecule has 0 N–H and O–H groups in total. The largest absolute Gasteiger partial charge is 0.495 e. The van der Waals surface area contributed by atoms with Crippen LogP contribution in [-0.2, 0) is 6.42 Å². The van der Waals surface area contributed by atoms with Gasteiger partial charge in [-0.25, -0.2) is 4.39 Å². The van der Waals surface area contributed by atoms with Crippen molar-refractivity contribution in [2.24, 2.45) is 0 Å². The lowest BCUT2D eigenvalue weighted by Gasteiger charge is -2.04. The van der Waals surface area contributed by atoms with Crippen LogP contribution in [0.15, 0.2) is 29.6 Å². The van der Waals surface area contributed by atoms with Crippen LogP contribution in [0, 0.1) is 5.82 Å². The Morgan fingerprint density at radius 1 is 1.44 bits per heavy atom. The van der Waals surface area contributed by atoms with Crippen LogP contribution in [0.3, 0.4) is 0 Å². The topological polar surface area (TPSA) is 26.3 Å². The van der Waals surface area contributed by atoms with Crippen molar-refractivity contribution < 1.29 is 13.9 Å². The van der Waals surface area contributed by atoms with E-state index in [0.717, 1.165) is 0 Å². The van der Waals surface area contributed by atoms with Gasteiger partial charge in [0.1, 0.15) is 16.4 Å². The summed E-state index contributed by atoms with van der Waals surface area (Å²) in [7, 11) is 1.50. The zero-order valence-electron chi connectivity index (χ0n) is 9.57. The van der Waals surface area contributed by atoms with Gasteiger partial charge in [0.15, 0.2) is 5.78 Å². The van der Waals surface area contributed by atoms with Crippen LogP contribution in [0.4, 0.5) is 4.39 Å². The van der Waals surface area contributed by atoms with E-state index >= 15 is 0 Å². The van der Waals surface area contributed by atoms with E-state index in [1.807, 2.05) is 0 Å². The van der Waals surface area contributed by atoms with Crippen molar-refractivity contribution in [3.05, 3.63) is 50.9 Å². The molecule has 0 atom stereocenters. The lowest BCUT2D eigenvalue weighted by atomic mass is 10.1. The number of ether oxygens (including phenoxy) is 1. The summed E-state index contributed by atoms with van der Waals surface area (Å²) in [5, 5.41) is 2.09. The van der Waals surface area contributed by atoms with Gasteiger partial charge >= 0.3 is 0 Å². The molecule has 0 unspecified atom stereocenters. The molecule has 0 spiro atoms. The van der Waals surface area contributed by atoms with E-state index in [-0.39, 0.29) is 12.2 Å². The summed E-state index contributed by atoms with van der Waals surface area (Å²) in [6, 6.07) is 6.01. The van der Waals surface area contributed by atoms with E-state index < -0.39 is 5.82 Å². The first-order valence-corrected chi connectivity index (χ1v) is 6.46. The minimum Gasteiger partial charge on any atom is -0.495 e. The van der Waals surface area contributed by atoms with Gasteiger partial charge in [0, 0.05) is 11.4 Å². The average Bonchev–Trinajstić information content (AvgIpc) is 2.81. The van der Waals surface area contributed by atoms with Crippen LogP contribution in [0.25, 0.3) is 0 Å². The van der Waals surface area contributed by atoms with Crippen LogP contribution < -0.4 is 4.74 Å². The van der Waals surface area contributed by atoms with E-state index in [9.17, 15) is 9.18 Å². The maximum Gasteiger partial charge on any atom is 0.181 e. The fraction of sp³-hybridized carbons (Fsp3) is 0.154. The molecule has 0 bridgehead atoms. The van der Waals surface area contributed by atoms with Gasteiger partial charge in [-0.2, -0.15) is 0 Å². The smallest absolute Gasteiger partial charge is 0.181 e. The third-order valence-electron chi connectivity index (χ3n) is 2.47. The maximum atomic E-state index is 13.6. The molecule has 2 aromatic rings. The summed E-state index contributed by atoms with van der Waals surface area (Å²) in [6.45, 7) is 0. The fourth-order valence-electron chi connectivity index (χ4n) is 1.58. The molecule has 0 aliphatic carbocycles. The van der Waals surface area contributed by atoms with Crippen molar-refractivity contribution in [3.8, 4) is 5.75 Å². The molecule has 1 aromatic heterocycles. The van der Waals surface area contributed by atoms with Gasteiger partial charge in [-0.3, -0.25) is 4.79 Å². The Morgan fingerprint density at radius 2 is 2.22 bits per heavy atom. The van der Waals surface area contributed by atoms with Crippen molar-refractivity contribution in [1.29, 1.82) is 0 Å². The summed E-state index contributed by atoms with van der Waals surface area (Å²) >= 11 is 6.95. The number of Topliss-reactive ketones (excluding diaryl/α,β-unsaturated/α-hetero) is 1. The molecular formula is C13H10ClFO2S. The van der Waals surface area contributed by atoms with Crippen molar-refractivity contribution in [2.45, 2.75) is 6.42 Å². The van der Waals surface area contributed by atoms with E-state index in [2.05, 4.69) is 0 Å². The molecule has 0 aliphatic rings. The second-order valence-corrected chi connectivity index (χ2v) is 5.01. The number of halogens is 2. The Hall–Kier alpha value is -1.39. The molecule has 18 heavy (non-hydrogen) atoms. The minimum absolute atomic E-state index is 0.000123. The summed E-state index contributed by atoms with van der Waals surface area (Å²) < 4.78 is 18.6. The van der Waals surface area contributed by atoms with Crippen LogP contribution in [0.2, 0.25) is 5.02 Å². The molecule has 1 heterocycles. The quantitative estimate of drug-likeness (QED) is 0.794. The number of carbonyl (C=O) groups excluding carboxylic acids is 1. The lowest BCUT2D eigenvalue weighted by Crippen LogP contribution is -2.04. The molecule has 94 valence electrons. The average molecular weight is 285 g/mol. The molecule has 5 heteroatoms. The highest BCUT2D eigenvalue weighted by Crippen LogP contribution is 2.26. The first-order valence-electron chi connectivity index (χ1n) is 5.20. The van der Waals surface area contributed by atoms with Crippen molar-refractivity contribution in [1.82, 2.24) is 0 Å². The van der Waals surface area contributed by atoms with E-state index in [1.54, 1.807) is 17.5 Å². The van der Waals surface area contributed by atoms with Crippen molar-refractivity contribution in [2.75, 3.05) is 7.11 Å². The molecule has 0 fully saturated rings. The maximum absolute atomic E-state index is 13.6. The molecule has 0 saturated heterocycles. The normalized spacial score (nSPS) is 10.4. The van der Waals surface area contributed by atoms with Crippen LogP contribution in [0.1, 0.15) is 15.2 Å². The molecular weight excluding hydrogens is 275 g/mol. The number of hydrogen-bond donors (Lipinski definition) is 0. The van der Waals surface area contributed by atoms with Crippen LogP contribution in [0.5, 0.6) is 5.75 Å². The standard InChI is InChI=1S/C13H10ClFO2S/c1-17-12-4-5-18-13(12)11(16)6-8-2-3-9(14)7-10(8)15/h2-5,7H,6H2,1H3. The number of thiophene rings is 1.